The Morgan fingerprint density at radius 1 is 1.30 bits per heavy atom. The van der Waals surface area contributed by atoms with E-state index in [0.29, 0.717) is 19.2 Å². The first-order valence-electron chi connectivity index (χ1n) is 7.22. The molecule has 2 atom stereocenters. The molecule has 0 radical (unpaired) electrons. The van der Waals surface area contributed by atoms with Crippen LogP contribution in [0, 0.1) is 6.92 Å². The van der Waals surface area contributed by atoms with Crippen LogP contribution in [0.25, 0.3) is 0 Å². The lowest BCUT2D eigenvalue weighted by Gasteiger charge is -2.24. The number of benzene rings is 1. The van der Waals surface area contributed by atoms with Crippen molar-refractivity contribution in [1.29, 1.82) is 0 Å². The van der Waals surface area contributed by atoms with Gasteiger partial charge >= 0.3 is 0 Å². The van der Waals surface area contributed by atoms with Gasteiger partial charge in [-0.25, -0.2) is 0 Å². The molecule has 4 nitrogen and oxygen atoms in total. The van der Waals surface area contributed by atoms with Crippen LogP contribution in [0.4, 0.5) is 0 Å². The molecule has 0 fully saturated rings. The van der Waals surface area contributed by atoms with Crippen molar-refractivity contribution in [2.45, 2.75) is 38.8 Å². The lowest BCUT2D eigenvalue weighted by molar-refractivity contribution is 0.156. The van der Waals surface area contributed by atoms with Gasteiger partial charge < -0.3 is 20.5 Å². The van der Waals surface area contributed by atoms with Crippen LogP contribution >= 0.6 is 0 Å². The predicted molar refractivity (Wildman–Crippen MR) is 83.2 cm³/mol. The molecule has 1 aromatic carbocycles. The average molecular weight is 280 g/mol. The molecule has 1 rings (SSSR count). The Morgan fingerprint density at radius 2 is 2.05 bits per heavy atom. The maximum atomic E-state index is 5.59. The van der Waals surface area contributed by atoms with E-state index >= 15 is 0 Å². The van der Waals surface area contributed by atoms with Crippen LogP contribution in [-0.2, 0) is 4.74 Å². The summed E-state index contributed by atoms with van der Waals surface area (Å²) in [5.41, 5.74) is 8.01. The monoisotopic (exact) mass is 280 g/mol. The van der Waals surface area contributed by atoms with Crippen LogP contribution in [0.3, 0.4) is 0 Å². The number of nitrogens with two attached hydrogens (primary N) is 1. The van der Waals surface area contributed by atoms with E-state index < -0.39 is 0 Å². The third kappa shape index (κ3) is 5.12. The minimum absolute atomic E-state index is 0.211. The van der Waals surface area contributed by atoms with Gasteiger partial charge in [-0.3, -0.25) is 0 Å². The van der Waals surface area contributed by atoms with Gasteiger partial charge in [0.05, 0.1) is 13.7 Å². The second-order valence-electron chi connectivity index (χ2n) is 5.22. The standard InChI is InChI=1S/C16H28N2O2/c1-12-7-8-16(20-4)15(10-12)13(2)18-14(11-19-3)6-5-9-17/h7-8,10,13-14,18H,5-6,9,11,17H2,1-4H3. The second kappa shape index (κ2) is 8.95. The van der Waals surface area contributed by atoms with Gasteiger partial charge in [-0.2, -0.15) is 0 Å². The quantitative estimate of drug-likeness (QED) is 0.729. The van der Waals surface area contributed by atoms with Gasteiger partial charge in [0.2, 0.25) is 0 Å². The Labute approximate surface area is 122 Å². The smallest absolute Gasteiger partial charge is 0.123 e. The molecule has 3 N–H and O–H groups in total. The molecule has 0 aliphatic carbocycles. The van der Waals surface area contributed by atoms with Gasteiger partial charge in [-0.15, -0.1) is 0 Å². The molecule has 0 heterocycles. The first kappa shape index (κ1) is 17.0. The van der Waals surface area contributed by atoms with Gasteiger partial charge in [0.1, 0.15) is 5.75 Å². The van der Waals surface area contributed by atoms with Crippen LogP contribution in [0.1, 0.15) is 36.9 Å². The topological polar surface area (TPSA) is 56.5 Å². The van der Waals surface area contributed by atoms with Crippen molar-refractivity contribution in [3.8, 4) is 5.75 Å². The largest absolute Gasteiger partial charge is 0.496 e. The number of hydrogen-bond acceptors (Lipinski definition) is 4. The Morgan fingerprint density at radius 3 is 2.65 bits per heavy atom. The van der Waals surface area contributed by atoms with Gasteiger partial charge in [0.25, 0.3) is 0 Å². The summed E-state index contributed by atoms with van der Waals surface area (Å²) in [4.78, 5) is 0. The van der Waals surface area contributed by atoms with E-state index in [9.17, 15) is 0 Å². The van der Waals surface area contributed by atoms with Crippen molar-refractivity contribution < 1.29 is 9.47 Å². The molecule has 1 aromatic rings. The molecule has 0 aromatic heterocycles. The summed E-state index contributed by atoms with van der Waals surface area (Å²) in [6, 6.07) is 6.78. The van der Waals surface area contributed by atoms with Crippen LogP contribution in [0.15, 0.2) is 18.2 Å². The third-order valence-corrected chi connectivity index (χ3v) is 3.46. The maximum Gasteiger partial charge on any atom is 0.123 e. The number of hydrogen-bond donors (Lipinski definition) is 2. The first-order valence-corrected chi connectivity index (χ1v) is 7.22. The van der Waals surface area contributed by atoms with E-state index in [2.05, 4.69) is 31.3 Å². The fourth-order valence-electron chi connectivity index (χ4n) is 2.42. The maximum absolute atomic E-state index is 5.59. The summed E-state index contributed by atoms with van der Waals surface area (Å²) >= 11 is 0. The van der Waals surface area contributed by atoms with E-state index in [0.717, 1.165) is 18.6 Å². The zero-order valence-electron chi connectivity index (χ0n) is 13.1. The van der Waals surface area contributed by atoms with Crippen molar-refractivity contribution in [2.75, 3.05) is 27.4 Å². The summed E-state index contributed by atoms with van der Waals surface area (Å²) in [7, 11) is 3.44. The summed E-state index contributed by atoms with van der Waals surface area (Å²) in [5, 5.41) is 3.61. The molecular weight excluding hydrogens is 252 g/mol. The fraction of sp³-hybridized carbons (Fsp3) is 0.625. The summed E-state index contributed by atoms with van der Waals surface area (Å²) in [6.07, 6.45) is 2.02. The summed E-state index contributed by atoms with van der Waals surface area (Å²) < 4.78 is 10.7. The second-order valence-corrected chi connectivity index (χ2v) is 5.22. The SMILES string of the molecule is COCC(CCCN)NC(C)c1cc(C)ccc1OC. The fourth-order valence-corrected chi connectivity index (χ4v) is 2.42. The minimum atomic E-state index is 0.211. The van der Waals surface area contributed by atoms with E-state index in [1.165, 1.54) is 11.1 Å². The molecule has 0 spiro atoms. The van der Waals surface area contributed by atoms with Crippen molar-refractivity contribution in [2.24, 2.45) is 5.73 Å². The highest BCUT2D eigenvalue weighted by atomic mass is 16.5. The Balaban J connectivity index is 2.76. The summed E-state index contributed by atoms with van der Waals surface area (Å²) in [5.74, 6) is 0.922. The van der Waals surface area contributed by atoms with Crippen LogP contribution in [-0.4, -0.2) is 33.4 Å². The highest BCUT2D eigenvalue weighted by molar-refractivity contribution is 5.38. The Hall–Kier alpha value is -1.10. The van der Waals surface area contributed by atoms with Crippen molar-refractivity contribution in [3.63, 3.8) is 0 Å². The third-order valence-electron chi connectivity index (χ3n) is 3.46. The number of methoxy groups -OCH3 is 2. The van der Waals surface area contributed by atoms with Crippen LogP contribution in [0.2, 0.25) is 0 Å². The first-order chi connectivity index (χ1) is 9.62. The highest BCUT2D eigenvalue weighted by Gasteiger charge is 2.16. The van der Waals surface area contributed by atoms with Crippen molar-refractivity contribution in [1.82, 2.24) is 5.32 Å². The lowest BCUT2D eigenvalue weighted by Crippen LogP contribution is -2.35. The molecule has 0 bridgehead atoms. The zero-order chi connectivity index (χ0) is 15.0. The zero-order valence-corrected chi connectivity index (χ0v) is 13.1. The number of ether oxygens (including phenoxy) is 2. The Bertz CT molecular complexity index is 396. The Kier molecular flexibility index (Phi) is 7.59. The molecule has 4 heteroatoms. The van der Waals surface area contributed by atoms with Gasteiger partial charge in [-0.05, 0) is 39.3 Å². The average Bonchev–Trinajstić information content (AvgIpc) is 2.44. The molecule has 114 valence electrons. The summed E-state index contributed by atoms with van der Waals surface area (Å²) in [6.45, 7) is 5.65. The molecule has 2 unspecified atom stereocenters. The van der Waals surface area contributed by atoms with Crippen molar-refractivity contribution >= 4 is 0 Å². The van der Waals surface area contributed by atoms with E-state index in [-0.39, 0.29) is 6.04 Å². The molecule has 0 saturated carbocycles. The van der Waals surface area contributed by atoms with E-state index in [1.54, 1.807) is 14.2 Å². The number of aryl methyl sites for hydroxylation is 1. The van der Waals surface area contributed by atoms with Crippen LogP contribution in [0.5, 0.6) is 5.75 Å². The van der Waals surface area contributed by atoms with E-state index in [1.807, 2.05) is 6.07 Å². The normalized spacial score (nSPS) is 14.1. The number of rotatable bonds is 9. The highest BCUT2D eigenvalue weighted by Crippen LogP contribution is 2.26. The van der Waals surface area contributed by atoms with E-state index in [4.69, 9.17) is 15.2 Å². The molecule has 0 saturated heterocycles. The van der Waals surface area contributed by atoms with Crippen LogP contribution < -0.4 is 15.8 Å². The minimum Gasteiger partial charge on any atom is -0.496 e. The molecule has 20 heavy (non-hydrogen) atoms. The lowest BCUT2D eigenvalue weighted by atomic mass is 10.0. The number of nitrogens with one attached hydrogen (secondary N) is 1. The molecule has 0 aliphatic heterocycles. The molecule has 0 aliphatic rings. The van der Waals surface area contributed by atoms with Gasteiger partial charge in [0, 0.05) is 24.8 Å². The van der Waals surface area contributed by atoms with Gasteiger partial charge in [0.15, 0.2) is 0 Å². The molecular formula is C16H28N2O2. The van der Waals surface area contributed by atoms with Crippen molar-refractivity contribution in [3.05, 3.63) is 29.3 Å². The molecule has 0 amide bonds. The van der Waals surface area contributed by atoms with Gasteiger partial charge in [-0.1, -0.05) is 17.7 Å². The predicted octanol–water partition coefficient (Wildman–Crippen LogP) is 2.41.